The minimum atomic E-state index is -0.382. The van der Waals surface area contributed by atoms with Crippen molar-refractivity contribution in [3.63, 3.8) is 0 Å². The lowest BCUT2D eigenvalue weighted by Crippen LogP contribution is -2.10. The van der Waals surface area contributed by atoms with Crippen molar-refractivity contribution < 1.29 is 9.90 Å². The lowest BCUT2D eigenvalue weighted by Gasteiger charge is -2.13. The molecule has 0 bridgehead atoms. The van der Waals surface area contributed by atoms with Crippen molar-refractivity contribution in [3.8, 4) is 11.1 Å². The quantitative estimate of drug-likeness (QED) is 0.631. The van der Waals surface area contributed by atoms with E-state index < -0.39 is 0 Å². The highest BCUT2D eigenvalue weighted by molar-refractivity contribution is 5.90. The molecule has 140 valence electrons. The molecule has 1 aromatic heterocycles. The van der Waals surface area contributed by atoms with E-state index in [-0.39, 0.29) is 11.9 Å². The van der Waals surface area contributed by atoms with E-state index in [0.29, 0.717) is 25.7 Å². The van der Waals surface area contributed by atoms with Crippen LogP contribution in [-0.2, 0) is 11.2 Å². The van der Waals surface area contributed by atoms with Crippen molar-refractivity contribution in [1.82, 2.24) is 4.98 Å². The number of ketones is 1. The van der Waals surface area contributed by atoms with Gasteiger partial charge in [0.05, 0.1) is 11.6 Å². The zero-order chi connectivity index (χ0) is 19.4. The van der Waals surface area contributed by atoms with Crippen LogP contribution in [0.3, 0.4) is 0 Å². The van der Waals surface area contributed by atoms with E-state index in [1.807, 2.05) is 44.2 Å². The number of aliphatic hydroxyl groups is 1. The minimum Gasteiger partial charge on any atom is -0.393 e. The molecule has 0 radical (unpaired) electrons. The molecule has 0 fully saturated rings. The van der Waals surface area contributed by atoms with Crippen LogP contribution >= 0.6 is 0 Å². The fourth-order valence-corrected chi connectivity index (χ4v) is 3.46. The van der Waals surface area contributed by atoms with Gasteiger partial charge in [0.15, 0.2) is 0 Å². The van der Waals surface area contributed by atoms with Crippen molar-refractivity contribution >= 4 is 16.7 Å². The Kier molecular flexibility index (Phi) is 6.02. The largest absolute Gasteiger partial charge is 0.393 e. The Bertz CT molecular complexity index is 948. The Hall–Kier alpha value is -2.52. The first-order valence-electron chi connectivity index (χ1n) is 9.64. The molecule has 27 heavy (non-hydrogen) atoms. The van der Waals surface area contributed by atoms with Crippen LogP contribution in [0.25, 0.3) is 22.0 Å². The van der Waals surface area contributed by atoms with Crippen LogP contribution in [0, 0.1) is 13.8 Å². The molecular weight excluding hydrogens is 334 g/mol. The predicted octanol–water partition coefficient (Wildman–Crippen LogP) is 5.18. The Morgan fingerprint density at radius 2 is 1.85 bits per heavy atom. The molecule has 3 heteroatoms. The van der Waals surface area contributed by atoms with Gasteiger partial charge < -0.3 is 5.11 Å². The maximum absolute atomic E-state index is 12.3. The lowest BCUT2D eigenvalue weighted by atomic mass is 9.94. The zero-order valence-corrected chi connectivity index (χ0v) is 16.3. The number of aryl methyl sites for hydroxylation is 2. The van der Waals surface area contributed by atoms with Crippen molar-refractivity contribution in [2.45, 2.75) is 52.6 Å². The number of hydrogen-bond donors (Lipinski definition) is 1. The second-order valence-corrected chi connectivity index (χ2v) is 7.22. The summed E-state index contributed by atoms with van der Waals surface area (Å²) in [7, 11) is 0. The van der Waals surface area contributed by atoms with Crippen LogP contribution in [0.5, 0.6) is 0 Å². The number of carbonyl (C=O) groups excluding carboxylic acids is 1. The van der Waals surface area contributed by atoms with Gasteiger partial charge in [-0.05, 0) is 55.5 Å². The molecule has 1 atom stereocenters. The van der Waals surface area contributed by atoms with E-state index in [2.05, 4.69) is 25.1 Å². The Balaban J connectivity index is 1.92. The van der Waals surface area contributed by atoms with E-state index in [1.54, 1.807) is 0 Å². The molecular formula is C24H27NO2. The first-order chi connectivity index (χ1) is 13.0. The van der Waals surface area contributed by atoms with Gasteiger partial charge in [-0.15, -0.1) is 0 Å². The Morgan fingerprint density at radius 3 is 2.56 bits per heavy atom. The van der Waals surface area contributed by atoms with Crippen LogP contribution < -0.4 is 0 Å². The van der Waals surface area contributed by atoms with Gasteiger partial charge >= 0.3 is 0 Å². The smallest absolute Gasteiger partial charge is 0.137 e. The van der Waals surface area contributed by atoms with Crippen molar-refractivity contribution in [2.24, 2.45) is 0 Å². The number of carbonyl (C=O) groups is 1. The van der Waals surface area contributed by atoms with Crippen LogP contribution in [-0.4, -0.2) is 22.0 Å². The summed E-state index contributed by atoms with van der Waals surface area (Å²) in [5.74, 6) is 0.174. The van der Waals surface area contributed by atoms with Gasteiger partial charge in [-0.25, -0.2) is 0 Å². The first-order valence-corrected chi connectivity index (χ1v) is 9.64. The van der Waals surface area contributed by atoms with Gasteiger partial charge in [0.25, 0.3) is 0 Å². The van der Waals surface area contributed by atoms with Crippen molar-refractivity contribution in [2.75, 3.05) is 0 Å². The third-order valence-corrected chi connectivity index (χ3v) is 5.27. The number of rotatable bonds is 7. The second kappa shape index (κ2) is 8.45. The maximum atomic E-state index is 12.3. The third-order valence-electron chi connectivity index (χ3n) is 5.27. The molecule has 3 aromatic rings. The molecule has 0 spiro atoms. The Labute approximate surface area is 161 Å². The molecule has 1 heterocycles. The van der Waals surface area contributed by atoms with E-state index in [0.717, 1.165) is 38.9 Å². The fourth-order valence-electron chi connectivity index (χ4n) is 3.46. The van der Waals surface area contributed by atoms with E-state index >= 15 is 0 Å². The molecule has 1 unspecified atom stereocenters. The van der Waals surface area contributed by atoms with Crippen LogP contribution in [0.1, 0.15) is 43.0 Å². The van der Waals surface area contributed by atoms with E-state index in [4.69, 9.17) is 4.98 Å². The number of fused-ring (bicyclic) bond motifs is 1. The molecule has 1 N–H and O–H groups in total. The molecule has 2 aromatic carbocycles. The summed E-state index contributed by atoms with van der Waals surface area (Å²) in [4.78, 5) is 17.1. The minimum absolute atomic E-state index is 0.174. The number of hydrogen-bond acceptors (Lipinski definition) is 3. The summed E-state index contributed by atoms with van der Waals surface area (Å²) >= 11 is 0. The Morgan fingerprint density at radius 1 is 1.11 bits per heavy atom. The molecule has 0 amide bonds. The summed E-state index contributed by atoms with van der Waals surface area (Å²) in [6, 6.07) is 16.5. The van der Waals surface area contributed by atoms with E-state index in [1.165, 1.54) is 0 Å². The van der Waals surface area contributed by atoms with Crippen LogP contribution in [0.4, 0.5) is 0 Å². The average molecular weight is 361 g/mol. The number of pyridine rings is 1. The van der Waals surface area contributed by atoms with Crippen molar-refractivity contribution in [3.05, 3.63) is 65.4 Å². The molecule has 3 nitrogen and oxygen atoms in total. The maximum Gasteiger partial charge on any atom is 0.137 e. The van der Waals surface area contributed by atoms with E-state index in [9.17, 15) is 9.90 Å². The SMILES string of the molecule is CCC(O)CCC(=O)Cc1ccc2nc(C)c(-c3ccccc3)cc2c1C. The summed E-state index contributed by atoms with van der Waals surface area (Å²) in [6.07, 6.45) is 1.68. The fraction of sp³-hybridized carbons (Fsp3) is 0.333. The van der Waals surface area contributed by atoms with Gasteiger partial charge in [-0.3, -0.25) is 9.78 Å². The highest BCUT2D eigenvalue weighted by atomic mass is 16.3. The summed E-state index contributed by atoms with van der Waals surface area (Å²) in [5, 5.41) is 10.8. The van der Waals surface area contributed by atoms with Crippen LogP contribution in [0.15, 0.2) is 48.5 Å². The number of benzene rings is 2. The van der Waals surface area contributed by atoms with Gasteiger partial charge in [-0.2, -0.15) is 0 Å². The van der Waals surface area contributed by atoms with Gasteiger partial charge in [0.1, 0.15) is 5.78 Å². The van der Waals surface area contributed by atoms with Gasteiger partial charge in [0, 0.05) is 29.5 Å². The topological polar surface area (TPSA) is 50.2 Å². The van der Waals surface area contributed by atoms with Crippen molar-refractivity contribution in [1.29, 1.82) is 0 Å². The monoisotopic (exact) mass is 361 g/mol. The number of Topliss-reactive ketones (excluding diaryl/α,β-unsaturated/α-hetero) is 1. The predicted molar refractivity (Wildman–Crippen MR) is 111 cm³/mol. The number of nitrogens with zero attached hydrogens (tertiary/aromatic N) is 1. The lowest BCUT2D eigenvalue weighted by molar-refractivity contribution is -0.119. The number of aliphatic hydroxyl groups excluding tert-OH is 1. The molecule has 0 aliphatic rings. The third kappa shape index (κ3) is 4.42. The average Bonchev–Trinajstić information content (AvgIpc) is 2.68. The molecule has 0 aliphatic heterocycles. The molecule has 0 saturated carbocycles. The normalized spacial score (nSPS) is 12.3. The number of aromatic nitrogens is 1. The summed E-state index contributed by atoms with van der Waals surface area (Å²) in [5.41, 5.74) is 6.40. The van der Waals surface area contributed by atoms with Gasteiger partial charge in [-0.1, -0.05) is 43.3 Å². The molecule has 0 saturated heterocycles. The summed E-state index contributed by atoms with van der Waals surface area (Å²) < 4.78 is 0. The summed E-state index contributed by atoms with van der Waals surface area (Å²) in [6.45, 7) is 6.03. The molecule has 3 rings (SSSR count). The second-order valence-electron chi connectivity index (χ2n) is 7.22. The standard InChI is InChI=1S/C24H27NO2/c1-4-20(26)11-12-21(27)14-19-10-13-24-22(16(19)2)15-23(17(3)25-24)18-8-6-5-7-9-18/h5-10,13,15,20,26H,4,11-12,14H2,1-3H3. The van der Waals surface area contributed by atoms with Crippen LogP contribution in [0.2, 0.25) is 0 Å². The molecule has 0 aliphatic carbocycles. The van der Waals surface area contributed by atoms with Gasteiger partial charge in [0.2, 0.25) is 0 Å². The zero-order valence-electron chi connectivity index (χ0n) is 16.3. The first kappa shape index (κ1) is 19.2. The highest BCUT2D eigenvalue weighted by Crippen LogP contribution is 2.29. The highest BCUT2D eigenvalue weighted by Gasteiger charge is 2.13.